The Balaban J connectivity index is 1.73. The normalized spacial score (nSPS) is 30.6. The van der Waals surface area contributed by atoms with Gasteiger partial charge >= 0.3 is 0 Å². The van der Waals surface area contributed by atoms with E-state index in [2.05, 4.69) is 4.90 Å². The third kappa shape index (κ3) is 3.48. The number of piperidine rings is 1. The predicted octanol–water partition coefficient (Wildman–Crippen LogP) is 1.62. The van der Waals surface area contributed by atoms with E-state index in [-0.39, 0.29) is 12.0 Å². The summed E-state index contributed by atoms with van der Waals surface area (Å²) in [6.45, 7) is 6.73. The Morgan fingerprint density at radius 1 is 1.21 bits per heavy atom. The Morgan fingerprint density at radius 3 is 2.32 bits per heavy atom. The fourth-order valence-corrected chi connectivity index (χ4v) is 3.76. The van der Waals surface area contributed by atoms with E-state index >= 15 is 0 Å². The number of carbonyl (C=O) groups is 1. The molecule has 1 N–H and O–H groups in total. The molecule has 110 valence electrons. The molecule has 2 aliphatic heterocycles. The number of aliphatic hydroxyl groups excluding tert-OH is 1. The Labute approximate surface area is 116 Å². The van der Waals surface area contributed by atoms with Crippen molar-refractivity contribution >= 4 is 5.91 Å². The van der Waals surface area contributed by atoms with Crippen LogP contribution >= 0.6 is 0 Å². The number of amides is 1. The van der Waals surface area contributed by atoms with Crippen molar-refractivity contribution in [2.24, 2.45) is 0 Å². The van der Waals surface area contributed by atoms with Crippen LogP contribution in [0.2, 0.25) is 0 Å². The largest absolute Gasteiger partial charge is 0.393 e. The van der Waals surface area contributed by atoms with E-state index in [0.717, 1.165) is 38.9 Å². The third-order valence-electron chi connectivity index (χ3n) is 4.78. The second-order valence-electron chi connectivity index (χ2n) is 5.92. The molecule has 1 amide bonds. The smallest absolute Gasteiger partial charge is 0.222 e. The van der Waals surface area contributed by atoms with Gasteiger partial charge in [-0.15, -0.1) is 0 Å². The van der Waals surface area contributed by atoms with Gasteiger partial charge in [0.25, 0.3) is 0 Å². The van der Waals surface area contributed by atoms with Crippen LogP contribution in [0.5, 0.6) is 0 Å². The lowest BCUT2D eigenvalue weighted by molar-refractivity contribution is -0.131. The summed E-state index contributed by atoms with van der Waals surface area (Å²) in [5, 5.41) is 9.77. The first kappa shape index (κ1) is 14.8. The van der Waals surface area contributed by atoms with Gasteiger partial charge in [-0.2, -0.15) is 0 Å². The molecule has 0 aromatic heterocycles. The van der Waals surface area contributed by atoms with E-state index in [1.54, 1.807) is 0 Å². The molecule has 4 heteroatoms. The predicted molar refractivity (Wildman–Crippen MR) is 75.9 cm³/mol. The van der Waals surface area contributed by atoms with E-state index in [4.69, 9.17) is 0 Å². The highest BCUT2D eigenvalue weighted by Gasteiger charge is 2.39. The molecule has 19 heavy (non-hydrogen) atoms. The quantitative estimate of drug-likeness (QED) is 0.796. The zero-order chi connectivity index (χ0) is 13.8. The molecule has 0 aromatic rings. The molecule has 2 rings (SSSR count). The van der Waals surface area contributed by atoms with Crippen molar-refractivity contribution in [3.8, 4) is 0 Å². The highest BCUT2D eigenvalue weighted by Crippen LogP contribution is 2.35. The summed E-state index contributed by atoms with van der Waals surface area (Å²) < 4.78 is 0. The topological polar surface area (TPSA) is 43.8 Å². The first-order valence-corrected chi connectivity index (χ1v) is 7.87. The Hall–Kier alpha value is -0.610. The van der Waals surface area contributed by atoms with Gasteiger partial charge in [-0.3, -0.25) is 9.69 Å². The van der Waals surface area contributed by atoms with Crippen LogP contribution in [0.4, 0.5) is 0 Å². The molecule has 2 aliphatic rings. The molecule has 0 saturated carbocycles. The monoisotopic (exact) mass is 268 g/mol. The molecule has 2 saturated heterocycles. The summed E-state index contributed by atoms with van der Waals surface area (Å²) in [6.07, 6.45) is 5.85. The summed E-state index contributed by atoms with van der Waals surface area (Å²) in [6, 6.07) is 1.13. The first-order valence-electron chi connectivity index (χ1n) is 7.87. The minimum absolute atomic E-state index is 0.0916. The van der Waals surface area contributed by atoms with Gasteiger partial charge in [-0.05, 0) is 52.5 Å². The zero-order valence-corrected chi connectivity index (χ0v) is 12.3. The number of aliphatic hydroxyl groups is 1. The molecule has 2 fully saturated rings. The molecular formula is C15H28N2O2. The average Bonchev–Trinajstić information content (AvgIpc) is 2.63. The maximum atomic E-state index is 11.9. The van der Waals surface area contributed by atoms with E-state index in [1.807, 2.05) is 18.7 Å². The molecule has 2 bridgehead atoms. The van der Waals surface area contributed by atoms with Gasteiger partial charge in [0, 0.05) is 31.6 Å². The second kappa shape index (κ2) is 6.71. The van der Waals surface area contributed by atoms with Crippen molar-refractivity contribution in [2.45, 2.75) is 70.6 Å². The summed E-state index contributed by atoms with van der Waals surface area (Å²) in [4.78, 5) is 16.4. The lowest BCUT2D eigenvalue weighted by atomic mass is 9.99. The van der Waals surface area contributed by atoms with Crippen LogP contribution in [-0.2, 0) is 4.79 Å². The first-order chi connectivity index (χ1) is 9.15. The van der Waals surface area contributed by atoms with Crippen molar-refractivity contribution in [3.63, 3.8) is 0 Å². The molecule has 0 radical (unpaired) electrons. The lowest BCUT2D eigenvalue weighted by Crippen LogP contribution is -2.45. The van der Waals surface area contributed by atoms with Gasteiger partial charge in [0.1, 0.15) is 0 Å². The van der Waals surface area contributed by atoms with Crippen LogP contribution in [0, 0.1) is 0 Å². The molecule has 0 spiro atoms. The highest BCUT2D eigenvalue weighted by molar-refractivity contribution is 5.76. The lowest BCUT2D eigenvalue weighted by Gasteiger charge is -2.37. The van der Waals surface area contributed by atoms with Crippen LogP contribution in [0.1, 0.15) is 52.4 Å². The second-order valence-corrected chi connectivity index (χ2v) is 5.92. The van der Waals surface area contributed by atoms with Crippen molar-refractivity contribution in [2.75, 3.05) is 19.6 Å². The summed E-state index contributed by atoms with van der Waals surface area (Å²) in [5.74, 6) is 0.286. The van der Waals surface area contributed by atoms with E-state index in [1.165, 1.54) is 12.8 Å². The number of rotatable bonds is 6. The van der Waals surface area contributed by atoms with Gasteiger partial charge in [0.05, 0.1) is 6.10 Å². The van der Waals surface area contributed by atoms with Gasteiger partial charge in [0.15, 0.2) is 0 Å². The fraction of sp³-hybridized carbons (Fsp3) is 0.933. The summed E-state index contributed by atoms with van der Waals surface area (Å²) in [5.41, 5.74) is 0. The fourth-order valence-electron chi connectivity index (χ4n) is 3.76. The van der Waals surface area contributed by atoms with Gasteiger partial charge in [-0.1, -0.05) is 0 Å². The number of hydrogen-bond acceptors (Lipinski definition) is 3. The van der Waals surface area contributed by atoms with Crippen molar-refractivity contribution in [1.82, 2.24) is 9.80 Å². The number of nitrogens with zero attached hydrogens (tertiary/aromatic N) is 2. The standard InChI is InChI=1S/C15H28N2O2/c1-3-16(4-2)15(19)6-5-9-17-12-7-8-13(17)11-14(18)10-12/h12-14,18H,3-11H2,1-2H3. The molecule has 2 unspecified atom stereocenters. The maximum Gasteiger partial charge on any atom is 0.222 e. The van der Waals surface area contributed by atoms with Crippen molar-refractivity contribution in [3.05, 3.63) is 0 Å². The van der Waals surface area contributed by atoms with Crippen LogP contribution in [-0.4, -0.2) is 58.6 Å². The third-order valence-corrected chi connectivity index (χ3v) is 4.78. The van der Waals surface area contributed by atoms with Crippen LogP contribution < -0.4 is 0 Å². The van der Waals surface area contributed by atoms with Crippen LogP contribution in [0.15, 0.2) is 0 Å². The molecule has 4 nitrogen and oxygen atoms in total. The van der Waals surface area contributed by atoms with Gasteiger partial charge in [-0.25, -0.2) is 0 Å². The Bertz CT molecular complexity index is 291. The van der Waals surface area contributed by atoms with Crippen LogP contribution in [0.3, 0.4) is 0 Å². The van der Waals surface area contributed by atoms with Crippen LogP contribution in [0.25, 0.3) is 0 Å². The summed E-state index contributed by atoms with van der Waals surface area (Å²) in [7, 11) is 0. The average molecular weight is 268 g/mol. The minimum Gasteiger partial charge on any atom is -0.393 e. The number of carbonyl (C=O) groups excluding carboxylic acids is 1. The molecule has 2 atom stereocenters. The molecule has 0 aliphatic carbocycles. The van der Waals surface area contributed by atoms with E-state index in [0.29, 0.717) is 18.5 Å². The summed E-state index contributed by atoms with van der Waals surface area (Å²) >= 11 is 0. The van der Waals surface area contributed by atoms with E-state index in [9.17, 15) is 9.90 Å². The molecular weight excluding hydrogens is 240 g/mol. The Morgan fingerprint density at radius 2 is 1.79 bits per heavy atom. The Kier molecular flexibility index (Phi) is 5.22. The zero-order valence-electron chi connectivity index (χ0n) is 12.3. The molecule has 0 aromatic carbocycles. The number of fused-ring (bicyclic) bond motifs is 2. The van der Waals surface area contributed by atoms with Gasteiger partial charge in [0.2, 0.25) is 5.91 Å². The van der Waals surface area contributed by atoms with Crippen molar-refractivity contribution < 1.29 is 9.90 Å². The van der Waals surface area contributed by atoms with Crippen molar-refractivity contribution in [1.29, 1.82) is 0 Å². The SMILES string of the molecule is CCN(CC)C(=O)CCCN1C2CCC1CC(O)C2. The maximum absolute atomic E-state index is 11.9. The number of hydrogen-bond donors (Lipinski definition) is 1. The highest BCUT2D eigenvalue weighted by atomic mass is 16.3. The molecule has 2 heterocycles. The van der Waals surface area contributed by atoms with Gasteiger partial charge < -0.3 is 10.0 Å². The minimum atomic E-state index is -0.0916. The van der Waals surface area contributed by atoms with E-state index < -0.39 is 0 Å².